The first-order valence-corrected chi connectivity index (χ1v) is 5.11. The van der Waals surface area contributed by atoms with Gasteiger partial charge in [-0.3, -0.25) is 4.79 Å². The Morgan fingerprint density at radius 2 is 2.25 bits per heavy atom. The van der Waals surface area contributed by atoms with Crippen LogP contribution >= 0.6 is 0 Å². The van der Waals surface area contributed by atoms with Crippen molar-refractivity contribution in [3.63, 3.8) is 0 Å². The van der Waals surface area contributed by atoms with Crippen molar-refractivity contribution in [2.75, 3.05) is 12.8 Å². The molecule has 84 valence electrons. The standard InChI is InChI=1S/C13H15NO2/c1-3-11-9-10(7-8-12(11)14)5-4-6-13(15)16-2/h7-9H,3,6,14H2,1-2H3. The molecule has 3 nitrogen and oxygen atoms in total. The topological polar surface area (TPSA) is 52.3 Å². The molecule has 0 aliphatic carbocycles. The minimum absolute atomic E-state index is 0.113. The molecular weight excluding hydrogens is 202 g/mol. The Morgan fingerprint density at radius 3 is 2.88 bits per heavy atom. The summed E-state index contributed by atoms with van der Waals surface area (Å²) in [5, 5.41) is 0. The number of carbonyl (C=O) groups excluding carboxylic acids is 1. The summed E-state index contributed by atoms with van der Waals surface area (Å²) in [6.07, 6.45) is 0.987. The van der Waals surface area contributed by atoms with Crippen molar-refractivity contribution < 1.29 is 9.53 Å². The summed E-state index contributed by atoms with van der Waals surface area (Å²) in [5.41, 5.74) is 8.50. The van der Waals surface area contributed by atoms with Gasteiger partial charge in [0.05, 0.1) is 7.11 Å². The fourth-order valence-corrected chi connectivity index (χ4v) is 1.28. The Bertz CT molecular complexity index is 441. The summed E-state index contributed by atoms with van der Waals surface area (Å²) in [6, 6.07) is 5.62. The SMILES string of the molecule is CCc1cc(C#CCC(=O)OC)ccc1N. The molecule has 1 rings (SSSR count). The first-order chi connectivity index (χ1) is 7.67. The predicted molar refractivity (Wildman–Crippen MR) is 63.7 cm³/mol. The highest BCUT2D eigenvalue weighted by Gasteiger charge is 1.97. The van der Waals surface area contributed by atoms with Gasteiger partial charge >= 0.3 is 5.97 Å². The number of carbonyl (C=O) groups is 1. The smallest absolute Gasteiger partial charge is 0.317 e. The molecule has 0 saturated heterocycles. The van der Waals surface area contributed by atoms with E-state index in [0.29, 0.717) is 0 Å². The molecule has 0 amide bonds. The lowest BCUT2D eigenvalue weighted by molar-refractivity contribution is -0.139. The summed E-state index contributed by atoms with van der Waals surface area (Å²) >= 11 is 0. The van der Waals surface area contributed by atoms with Crippen molar-refractivity contribution in [2.24, 2.45) is 0 Å². The summed E-state index contributed by atoms with van der Waals surface area (Å²) in [7, 11) is 1.35. The Hall–Kier alpha value is -1.95. The molecule has 0 aromatic heterocycles. The maximum Gasteiger partial charge on any atom is 0.317 e. The van der Waals surface area contributed by atoms with Crippen molar-refractivity contribution in [2.45, 2.75) is 19.8 Å². The highest BCUT2D eigenvalue weighted by atomic mass is 16.5. The van der Waals surface area contributed by atoms with Crippen LogP contribution < -0.4 is 5.73 Å². The van der Waals surface area contributed by atoms with Gasteiger partial charge < -0.3 is 10.5 Å². The van der Waals surface area contributed by atoms with Gasteiger partial charge in [-0.2, -0.15) is 0 Å². The van der Waals surface area contributed by atoms with Crippen LogP contribution in [-0.4, -0.2) is 13.1 Å². The molecule has 3 heteroatoms. The maximum atomic E-state index is 10.8. The lowest BCUT2D eigenvalue weighted by atomic mass is 10.1. The van der Waals surface area contributed by atoms with E-state index in [9.17, 15) is 4.79 Å². The fraction of sp³-hybridized carbons (Fsp3) is 0.308. The van der Waals surface area contributed by atoms with Crippen LogP contribution in [0, 0.1) is 11.8 Å². The lowest BCUT2D eigenvalue weighted by Crippen LogP contribution is -1.97. The number of methoxy groups -OCH3 is 1. The lowest BCUT2D eigenvalue weighted by Gasteiger charge is -2.02. The largest absolute Gasteiger partial charge is 0.468 e. The third kappa shape index (κ3) is 3.32. The zero-order valence-electron chi connectivity index (χ0n) is 9.54. The van der Waals surface area contributed by atoms with E-state index in [1.54, 1.807) is 0 Å². The third-order valence-corrected chi connectivity index (χ3v) is 2.22. The molecule has 0 bridgehead atoms. The number of rotatable bonds is 2. The Kier molecular flexibility index (Phi) is 4.41. The molecule has 0 unspecified atom stereocenters. The van der Waals surface area contributed by atoms with E-state index in [0.717, 1.165) is 23.2 Å². The number of esters is 1. The first-order valence-electron chi connectivity index (χ1n) is 5.11. The Balaban J connectivity index is 2.78. The molecule has 0 aliphatic heterocycles. The van der Waals surface area contributed by atoms with Gasteiger partial charge in [0, 0.05) is 11.3 Å². The summed E-state index contributed by atoms with van der Waals surface area (Å²) < 4.78 is 4.49. The monoisotopic (exact) mass is 217 g/mol. The number of ether oxygens (including phenoxy) is 1. The Labute approximate surface area is 95.6 Å². The second kappa shape index (κ2) is 5.82. The van der Waals surface area contributed by atoms with E-state index in [4.69, 9.17) is 5.73 Å². The predicted octanol–water partition coefficient (Wildman–Crippen LogP) is 1.75. The highest BCUT2D eigenvalue weighted by Crippen LogP contribution is 2.13. The number of benzene rings is 1. The first kappa shape index (κ1) is 12.1. The fourth-order valence-electron chi connectivity index (χ4n) is 1.28. The summed E-state index contributed by atoms with van der Waals surface area (Å²) in [6.45, 7) is 2.04. The molecule has 0 spiro atoms. The number of aryl methyl sites for hydroxylation is 1. The van der Waals surface area contributed by atoms with Crippen LogP contribution in [0.2, 0.25) is 0 Å². The third-order valence-electron chi connectivity index (χ3n) is 2.22. The molecule has 2 N–H and O–H groups in total. The van der Waals surface area contributed by atoms with Crippen molar-refractivity contribution in [3.8, 4) is 11.8 Å². The second-order valence-electron chi connectivity index (χ2n) is 3.32. The summed E-state index contributed by atoms with van der Waals surface area (Å²) in [4.78, 5) is 10.8. The van der Waals surface area contributed by atoms with Crippen LogP contribution in [0.5, 0.6) is 0 Å². The van der Waals surface area contributed by atoms with Crippen LogP contribution in [0.3, 0.4) is 0 Å². The molecule has 0 atom stereocenters. The molecule has 0 aliphatic rings. The van der Waals surface area contributed by atoms with Gasteiger partial charge in [0.25, 0.3) is 0 Å². The van der Waals surface area contributed by atoms with Crippen LogP contribution in [-0.2, 0) is 16.0 Å². The van der Waals surface area contributed by atoms with E-state index < -0.39 is 0 Å². The average molecular weight is 217 g/mol. The maximum absolute atomic E-state index is 10.8. The quantitative estimate of drug-likeness (QED) is 0.466. The molecule has 0 fully saturated rings. The molecule has 0 saturated carbocycles. The normalized spacial score (nSPS) is 9.12. The number of anilines is 1. The van der Waals surface area contributed by atoms with E-state index in [1.165, 1.54) is 7.11 Å². The van der Waals surface area contributed by atoms with Gasteiger partial charge in [0.15, 0.2) is 0 Å². The van der Waals surface area contributed by atoms with Gasteiger partial charge in [-0.05, 0) is 30.2 Å². The van der Waals surface area contributed by atoms with Crippen LogP contribution in [0.4, 0.5) is 5.69 Å². The van der Waals surface area contributed by atoms with E-state index in [-0.39, 0.29) is 12.4 Å². The zero-order chi connectivity index (χ0) is 12.0. The van der Waals surface area contributed by atoms with Gasteiger partial charge in [-0.15, -0.1) is 0 Å². The van der Waals surface area contributed by atoms with E-state index >= 15 is 0 Å². The van der Waals surface area contributed by atoms with Crippen molar-refractivity contribution in [1.29, 1.82) is 0 Å². The van der Waals surface area contributed by atoms with Crippen LogP contribution in [0.25, 0.3) is 0 Å². The van der Waals surface area contributed by atoms with Gasteiger partial charge in [0.2, 0.25) is 0 Å². The van der Waals surface area contributed by atoms with E-state index in [2.05, 4.69) is 16.6 Å². The molecule has 0 radical (unpaired) electrons. The zero-order valence-corrected chi connectivity index (χ0v) is 9.54. The average Bonchev–Trinajstić information content (AvgIpc) is 2.31. The number of hydrogen-bond donors (Lipinski definition) is 1. The molecule has 1 aromatic carbocycles. The van der Waals surface area contributed by atoms with Crippen LogP contribution in [0.15, 0.2) is 18.2 Å². The Morgan fingerprint density at radius 1 is 1.50 bits per heavy atom. The van der Waals surface area contributed by atoms with Crippen molar-refractivity contribution in [3.05, 3.63) is 29.3 Å². The molecular formula is C13H15NO2. The highest BCUT2D eigenvalue weighted by molar-refractivity contribution is 5.72. The number of nitrogen functional groups attached to an aromatic ring is 1. The van der Waals surface area contributed by atoms with Crippen molar-refractivity contribution in [1.82, 2.24) is 0 Å². The van der Waals surface area contributed by atoms with Gasteiger partial charge in [0.1, 0.15) is 6.42 Å². The number of nitrogens with two attached hydrogens (primary N) is 1. The second-order valence-corrected chi connectivity index (χ2v) is 3.32. The van der Waals surface area contributed by atoms with Gasteiger partial charge in [-0.25, -0.2) is 0 Å². The van der Waals surface area contributed by atoms with Gasteiger partial charge in [-0.1, -0.05) is 18.8 Å². The minimum atomic E-state index is -0.321. The number of hydrogen-bond acceptors (Lipinski definition) is 3. The molecule has 16 heavy (non-hydrogen) atoms. The van der Waals surface area contributed by atoms with Crippen molar-refractivity contribution >= 4 is 11.7 Å². The molecule has 0 heterocycles. The minimum Gasteiger partial charge on any atom is -0.468 e. The summed E-state index contributed by atoms with van der Waals surface area (Å²) in [5.74, 6) is 5.34. The molecule has 1 aromatic rings. The van der Waals surface area contributed by atoms with Crippen LogP contribution in [0.1, 0.15) is 24.5 Å². The van der Waals surface area contributed by atoms with E-state index in [1.807, 2.05) is 25.1 Å².